The van der Waals surface area contributed by atoms with Crippen molar-refractivity contribution in [3.63, 3.8) is 0 Å². The van der Waals surface area contributed by atoms with Crippen molar-refractivity contribution in [2.45, 2.75) is 20.3 Å². The average molecular weight is 300 g/mol. The van der Waals surface area contributed by atoms with E-state index >= 15 is 0 Å². The van der Waals surface area contributed by atoms with Crippen LogP contribution in [0.15, 0.2) is 24.3 Å². The topological polar surface area (TPSA) is 69.7 Å². The van der Waals surface area contributed by atoms with Gasteiger partial charge in [-0.2, -0.15) is 0 Å². The Bertz CT molecular complexity index is 519. The van der Waals surface area contributed by atoms with E-state index in [2.05, 4.69) is 0 Å². The molecule has 112 valence electrons. The Morgan fingerprint density at radius 1 is 1.10 bits per heavy atom. The molecule has 5 nitrogen and oxygen atoms in total. The zero-order valence-electron chi connectivity index (χ0n) is 11.8. The third-order valence-corrected chi connectivity index (χ3v) is 4.36. The lowest BCUT2D eigenvalue weighted by Crippen LogP contribution is -2.16. The Morgan fingerprint density at radius 2 is 1.75 bits per heavy atom. The van der Waals surface area contributed by atoms with E-state index in [4.69, 9.17) is 9.47 Å². The lowest BCUT2D eigenvalue weighted by Gasteiger charge is -2.07. The van der Waals surface area contributed by atoms with Crippen LogP contribution < -0.4 is 4.74 Å². The predicted octanol–water partition coefficient (Wildman–Crippen LogP) is 2.07. The van der Waals surface area contributed by atoms with Crippen molar-refractivity contribution in [1.29, 1.82) is 0 Å². The summed E-state index contributed by atoms with van der Waals surface area (Å²) in [5.74, 6) is 0.327. The SMILES string of the molecule is CCCS(=O)(=O)CCOc1ccc(C(=O)OCC)cc1. The molecule has 1 rings (SSSR count). The minimum Gasteiger partial charge on any atom is -0.493 e. The van der Waals surface area contributed by atoms with E-state index in [9.17, 15) is 13.2 Å². The van der Waals surface area contributed by atoms with Gasteiger partial charge in [0.1, 0.15) is 12.4 Å². The second-order valence-corrected chi connectivity index (χ2v) is 6.55. The summed E-state index contributed by atoms with van der Waals surface area (Å²) < 4.78 is 33.2. The predicted molar refractivity (Wildman–Crippen MR) is 76.8 cm³/mol. The first-order valence-corrected chi connectivity index (χ1v) is 8.41. The minimum absolute atomic E-state index is 0.000464. The Labute approximate surface area is 119 Å². The quantitative estimate of drug-likeness (QED) is 0.687. The highest BCUT2D eigenvalue weighted by Crippen LogP contribution is 2.13. The van der Waals surface area contributed by atoms with E-state index in [1.165, 1.54) is 0 Å². The summed E-state index contributed by atoms with van der Waals surface area (Å²) in [6.07, 6.45) is 0.608. The minimum atomic E-state index is -3.03. The van der Waals surface area contributed by atoms with Crippen LogP contribution in [0, 0.1) is 0 Å². The standard InChI is InChI=1S/C14H20O5S/c1-3-10-20(16,17)11-9-19-13-7-5-12(6-8-13)14(15)18-4-2/h5-8H,3-4,9-11H2,1-2H3. The van der Waals surface area contributed by atoms with Gasteiger partial charge in [0.15, 0.2) is 9.84 Å². The Morgan fingerprint density at radius 3 is 2.30 bits per heavy atom. The van der Waals surface area contributed by atoms with Crippen molar-refractivity contribution in [2.75, 3.05) is 24.7 Å². The molecule has 0 spiro atoms. The van der Waals surface area contributed by atoms with Crippen LogP contribution in [-0.4, -0.2) is 39.1 Å². The lowest BCUT2D eigenvalue weighted by molar-refractivity contribution is 0.0526. The Kier molecular flexibility index (Phi) is 6.51. The number of rotatable bonds is 8. The van der Waals surface area contributed by atoms with Crippen molar-refractivity contribution < 1.29 is 22.7 Å². The van der Waals surface area contributed by atoms with Gasteiger partial charge < -0.3 is 9.47 Å². The molecule has 0 heterocycles. The van der Waals surface area contributed by atoms with E-state index in [-0.39, 0.29) is 24.1 Å². The third-order valence-electron chi connectivity index (χ3n) is 2.54. The molecule has 6 heteroatoms. The molecule has 1 aromatic carbocycles. The first kappa shape index (κ1) is 16.5. The van der Waals surface area contributed by atoms with Gasteiger partial charge in [-0.3, -0.25) is 0 Å². The number of carbonyl (C=O) groups excluding carboxylic acids is 1. The van der Waals surface area contributed by atoms with Crippen molar-refractivity contribution in [2.24, 2.45) is 0 Å². The largest absolute Gasteiger partial charge is 0.493 e. The van der Waals surface area contributed by atoms with E-state index in [1.54, 1.807) is 31.2 Å². The van der Waals surface area contributed by atoms with Crippen molar-refractivity contribution in [3.8, 4) is 5.75 Å². The van der Waals surface area contributed by atoms with Crippen LogP contribution in [0.2, 0.25) is 0 Å². The second-order valence-electron chi connectivity index (χ2n) is 4.25. The molecule has 0 aliphatic carbocycles. The van der Waals surface area contributed by atoms with E-state index in [0.29, 0.717) is 24.3 Å². The second kappa shape index (κ2) is 7.89. The zero-order valence-corrected chi connectivity index (χ0v) is 12.6. The number of hydrogen-bond acceptors (Lipinski definition) is 5. The highest BCUT2D eigenvalue weighted by molar-refractivity contribution is 7.91. The number of benzene rings is 1. The molecule has 0 radical (unpaired) electrons. The van der Waals surface area contributed by atoms with Gasteiger partial charge in [0.25, 0.3) is 0 Å². The fourth-order valence-electron chi connectivity index (χ4n) is 1.60. The van der Waals surface area contributed by atoms with Crippen molar-refractivity contribution >= 4 is 15.8 Å². The number of ether oxygens (including phenoxy) is 2. The maximum atomic E-state index is 11.5. The molecule has 0 saturated carbocycles. The maximum Gasteiger partial charge on any atom is 0.338 e. The van der Waals surface area contributed by atoms with Crippen molar-refractivity contribution in [1.82, 2.24) is 0 Å². The number of carbonyl (C=O) groups is 1. The van der Waals surface area contributed by atoms with Crippen LogP contribution in [0.5, 0.6) is 5.75 Å². The van der Waals surface area contributed by atoms with Gasteiger partial charge in [-0.1, -0.05) is 6.92 Å². The average Bonchev–Trinajstić information content (AvgIpc) is 2.39. The number of sulfone groups is 1. The van der Waals surface area contributed by atoms with Gasteiger partial charge in [-0.05, 0) is 37.6 Å². The van der Waals surface area contributed by atoms with Gasteiger partial charge in [-0.15, -0.1) is 0 Å². The molecule has 0 saturated heterocycles. The molecule has 0 aliphatic heterocycles. The fourth-order valence-corrected chi connectivity index (χ4v) is 2.76. The molecular weight excluding hydrogens is 280 g/mol. The molecule has 0 bridgehead atoms. The molecular formula is C14H20O5S. The Hall–Kier alpha value is -1.56. The van der Waals surface area contributed by atoms with Gasteiger partial charge in [0, 0.05) is 0 Å². The van der Waals surface area contributed by atoms with E-state index in [0.717, 1.165) is 0 Å². The lowest BCUT2D eigenvalue weighted by atomic mass is 10.2. The summed E-state index contributed by atoms with van der Waals surface area (Å²) >= 11 is 0. The van der Waals surface area contributed by atoms with E-state index in [1.807, 2.05) is 6.92 Å². The molecule has 0 atom stereocenters. The van der Waals surface area contributed by atoms with Crippen LogP contribution in [0.25, 0.3) is 0 Å². The van der Waals surface area contributed by atoms with Gasteiger partial charge in [-0.25, -0.2) is 13.2 Å². The highest BCUT2D eigenvalue weighted by Gasteiger charge is 2.10. The van der Waals surface area contributed by atoms with Crippen LogP contribution in [0.4, 0.5) is 0 Å². The van der Waals surface area contributed by atoms with Crippen LogP contribution in [0.3, 0.4) is 0 Å². The third kappa shape index (κ3) is 5.61. The van der Waals surface area contributed by atoms with Crippen LogP contribution in [-0.2, 0) is 14.6 Å². The van der Waals surface area contributed by atoms with Crippen LogP contribution >= 0.6 is 0 Å². The molecule has 0 N–H and O–H groups in total. The summed E-state index contributed by atoms with van der Waals surface area (Å²) in [4.78, 5) is 11.4. The molecule has 0 fully saturated rings. The van der Waals surface area contributed by atoms with E-state index < -0.39 is 9.84 Å². The molecule has 0 aromatic heterocycles. The maximum absolute atomic E-state index is 11.5. The normalized spacial score (nSPS) is 11.1. The summed E-state index contributed by atoms with van der Waals surface area (Å²) in [6.45, 7) is 4.01. The molecule has 0 unspecified atom stereocenters. The molecule has 0 amide bonds. The summed E-state index contributed by atoms with van der Waals surface area (Å²) in [5, 5.41) is 0. The fraction of sp³-hybridized carbons (Fsp3) is 0.500. The highest BCUT2D eigenvalue weighted by atomic mass is 32.2. The molecule has 1 aromatic rings. The van der Waals surface area contributed by atoms with Crippen LogP contribution in [0.1, 0.15) is 30.6 Å². The van der Waals surface area contributed by atoms with Gasteiger partial charge in [0.05, 0.1) is 23.7 Å². The summed E-state index contributed by atoms with van der Waals surface area (Å²) in [7, 11) is -3.03. The number of hydrogen-bond donors (Lipinski definition) is 0. The monoisotopic (exact) mass is 300 g/mol. The molecule has 0 aliphatic rings. The zero-order chi connectivity index (χ0) is 15.0. The molecule has 20 heavy (non-hydrogen) atoms. The summed E-state index contributed by atoms with van der Waals surface area (Å²) in [6, 6.07) is 6.43. The first-order valence-electron chi connectivity index (χ1n) is 6.59. The number of esters is 1. The first-order chi connectivity index (χ1) is 9.48. The van der Waals surface area contributed by atoms with Crippen molar-refractivity contribution in [3.05, 3.63) is 29.8 Å². The Balaban J connectivity index is 2.48. The van der Waals surface area contributed by atoms with Gasteiger partial charge in [0.2, 0.25) is 0 Å². The smallest absolute Gasteiger partial charge is 0.338 e. The van der Waals surface area contributed by atoms with Gasteiger partial charge >= 0.3 is 5.97 Å². The summed E-state index contributed by atoms with van der Waals surface area (Å²) in [5.41, 5.74) is 0.442.